The van der Waals surface area contributed by atoms with E-state index in [1.165, 1.54) is 0 Å². The molecule has 0 fully saturated rings. The predicted octanol–water partition coefficient (Wildman–Crippen LogP) is 3.16. The van der Waals surface area contributed by atoms with Crippen molar-refractivity contribution in [1.82, 2.24) is 0 Å². The van der Waals surface area contributed by atoms with Gasteiger partial charge >= 0.3 is 0 Å². The number of benzene rings is 1. The van der Waals surface area contributed by atoms with Gasteiger partial charge in [-0.15, -0.1) is 0 Å². The average Bonchev–Trinajstić information content (AvgIpc) is 2.29. The van der Waals surface area contributed by atoms with E-state index in [0.717, 1.165) is 12.0 Å². The fourth-order valence-electron chi connectivity index (χ4n) is 1.06. The summed E-state index contributed by atoms with van der Waals surface area (Å²) in [6.45, 7) is 4.87. The number of aliphatic imine (C=N–C) groups is 1. The van der Waals surface area contributed by atoms with Crippen LogP contribution in [0, 0.1) is 17.8 Å². The third-order valence-electron chi connectivity index (χ3n) is 2.17. The van der Waals surface area contributed by atoms with Gasteiger partial charge in [-0.25, -0.2) is 0 Å². The van der Waals surface area contributed by atoms with Gasteiger partial charge in [-0.2, -0.15) is 0 Å². The molecule has 0 saturated carbocycles. The molecule has 0 aliphatic carbocycles. The zero-order chi connectivity index (χ0) is 10.9. The fourth-order valence-corrected chi connectivity index (χ4v) is 1.06. The van der Waals surface area contributed by atoms with Gasteiger partial charge in [0.25, 0.3) is 0 Å². The van der Waals surface area contributed by atoms with Crippen molar-refractivity contribution in [2.24, 2.45) is 10.9 Å². The Morgan fingerprint density at radius 1 is 1.33 bits per heavy atom. The van der Waals surface area contributed by atoms with Crippen LogP contribution in [0.2, 0.25) is 0 Å². The average molecular weight is 199 g/mol. The van der Waals surface area contributed by atoms with Crippen molar-refractivity contribution in [2.75, 3.05) is 6.54 Å². The maximum absolute atomic E-state index is 4.25. The van der Waals surface area contributed by atoms with Gasteiger partial charge in [0.15, 0.2) is 0 Å². The first kappa shape index (κ1) is 11.5. The summed E-state index contributed by atoms with van der Waals surface area (Å²) in [5.74, 6) is 6.70. The summed E-state index contributed by atoms with van der Waals surface area (Å²) < 4.78 is 0. The first-order chi connectivity index (χ1) is 7.33. The summed E-state index contributed by atoms with van der Waals surface area (Å²) >= 11 is 0. The van der Waals surface area contributed by atoms with Gasteiger partial charge in [0.2, 0.25) is 0 Å². The summed E-state index contributed by atoms with van der Waals surface area (Å²) in [4.78, 5) is 4.25. The summed E-state index contributed by atoms with van der Waals surface area (Å²) in [5, 5.41) is 0. The number of hydrogen-bond donors (Lipinski definition) is 0. The van der Waals surface area contributed by atoms with E-state index in [2.05, 4.69) is 30.7 Å². The van der Waals surface area contributed by atoms with E-state index >= 15 is 0 Å². The lowest BCUT2D eigenvalue weighted by Crippen LogP contribution is -1.86. The van der Waals surface area contributed by atoms with Crippen molar-refractivity contribution in [1.29, 1.82) is 0 Å². The molecule has 78 valence electrons. The zero-order valence-corrected chi connectivity index (χ0v) is 9.40. The molecule has 0 saturated heterocycles. The molecule has 0 radical (unpaired) electrons. The summed E-state index contributed by atoms with van der Waals surface area (Å²) in [6.07, 6.45) is 2.97. The van der Waals surface area contributed by atoms with E-state index < -0.39 is 0 Å². The highest BCUT2D eigenvalue weighted by Gasteiger charge is 1.87. The molecule has 1 unspecified atom stereocenters. The Balaban J connectivity index is 2.37. The lowest BCUT2D eigenvalue weighted by atomic mass is 10.1. The minimum absolute atomic E-state index is 0.483. The molecular formula is C14H17N. The van der Waals surface area contributed by atoms with E-state index in [9.17, 15) is 0 Å². The number of rotatable bonds is 3. The van der Waals surface area contributed by atoms with Gasteiger partial charge in [0.05, 0.1) is 6.54 Å². The Labute approximate surface area is 92.2 Å². The minimum atomic E-state index is 0.483. The molecule has 0 aliphatic heterocycles. The topological polar surface area (TPSA) is 12.4 Å². The maximum atomic E-state index is 4.25. The molecule has 1 aromatic rings. The zero-order valence-electron chi connectivity index (χ0n) is 9.40. The van der Waals surface area contributed by atoms with Gasteiger partial charge in [0, 0.05) is 12.1 Å². The van der Waals surface area contributed by atoms with Crippen LogP contribution in [0.15, 0.2) is 35.3 Å². The third-order valence-corrected chi connectivity index (χ3v) is 2.17. The number of nitrogens with zero attached hydrogens (tertiary/aromatic N) is 1. The highest BCUT2D eigenvalue weighted by atomic mass is 14.7. The van der Waals surface area contributed by atoms with E-state index in [1.807, 2.05) is 36.5 Å². The fraction of sp³-hybridized carbons (Fsp3) is 0.357. The smallest absolute Gasteiger partial charge is 0.0997 e. The van der Waals surface area contributed by atoms with Crippen LogP contribution < -0.4 is 0 Å². The van der Waals surface area contributed by atoms with Crippen LogP contribution >= 0.6 is 0 Å². The monoisotopic (exact) mass is 199 g/mol. The summed E-state index contributed by atoms with van der Waals surface area (Å²) in [5.41, 5.74) is 1.13. The second-order valence-electron chi connectivity index (χ2n) is 3.51. The van der Waals surface area contributed by atoms with E-state index in [-0.39, 0.29) is 0 Å². The second kappa shape index (κ2) is 6.84. The Bertz CT molecular complexity index is 354. The first-order valence-corrected chi connectivity index (χ1v) is 5.36. The molecule has 1 nitrogen and oxygen atoms in total. The molecule has 1 atom stereocenters. The first-order valence-electron chi connectivity index (χ1n) is 5.36. The second-order valence-corrected chi connectivity index (χ2v) is 3.51. The normalized spacial score (nSPS) is 12.1. The molecule has 1 rings (SSSR count). The van der Waals surface area contributed by atoms with Crippen LogP contribution in [-0.2, 0) is 0 Å². The molecule has 0 heterocycles. The molecule has 0 aromatic heterocycles. The Kier molecular flexibility index (Phi) is 5.25. The number of hydrogen-bond acceptors (Lipinski definition) is 1. The quantitative estimate of drug-likeness (QED) is 0.524. The highest BCUT2D eigenvalue weighted by molar-refractivity contribution is 5.79. The standard InChI is InChI=1S/C14H17N/c1-3-13(2)8-7-11-15-12-14-9-5-4-6-10-14/h4-6,9-10,12-13H,3,11H2,1-2H3. The minimum Gasteiger partial charge on any atom is -0.280 e. The van der Waals surface area contributed by atoms with Crippen molar-refractivity contribution >= 4 is 6.21 Å². The van der Waals surface area contributed by atoms with E-state index in [4.69, 9.17) is 0 Å². The maximum Gasteiger partial charge on any atom is 0.0997 e. The van der Waals surface area contributed by atoms with Gasteiger partial charge in [0.1, 0.15) is 0 Å². The van der Waals surface area contributed by atoms with Crippen molar-refractivity contribution in [3.8, 4) is 11.8 Å². The Morgan fingerprint density at radius 2 is 2.07 bits per heavy atom. The van der Waals surface area contributed by atoms with Crippen LogP contribution in [0.1, 0.15) is 25.8 Å². The Hall–Kier alpha value is -1.55. The Morgan fingerprint density at radius 3 is 2.73 bits per heavy atom. The predicted molar refractivity (Wildman–Crippen MR) is 66.1 cm³/mol. The molecule has 0 amide bonds. The summed E-state index contributed by atoms with van der Waals surface area (Å²) in [7, 11) is 0. The van der Waals surface area contributed by atoms with Crippen LogP contribution in [0.5, 0.6) is 0 Å². The molecule has 15 heavy (non-hydrogen) atoms. The third kappa shape index (κ3) is 5.02. The molecule has 0 spiro atoms. The van der Waals surface area contributed by atoms with Crippen molar-refractivity contribution < 1.29 is 0 Å². The van der Waals surface area contributed by atoms with E-state index in [0.29, 0.717) is 12.5 Å². The molecule has 1 heteroatoms. The molecule has 0 N–H and O–H groups in total. The van der Waals surface area contributed by atoms with Crippen LogP contribution in [-0.4, -0.2) is 12.8 Å². The van der Waals surface area contributed by atoms with Gasteiger partial charge in [-0.1, -0.05) is 56.0 Å². The van der Waals surface area contributed by atoms with Crippen molar-refractivity contribution in [3.05, 3.63) is 35.9 Å². The molecular weight excluding hydrogens is 182 g/mol. The van der Waals surface area contributed by atoms with Crippen LogP contribution in [0.3, 0.4) is 0 Å². The largest absolute Gasteiger partial charge is 0.280 e. The molecule has 1 aromatic carbocycles. The molecule has 0 bridgehead atoms. The summed E-state index contributed by atoms with van der Waals surface area (Å²) in [6, 6.07) is 10.1. The van der Waals surface area contributed by atoms with Crippen molar-refractivity contribution in [3.63, 3.8) is 0 Å². The lowest BCUT2D eigenvalue weighted by Gasteiger charge is -1.93. The molecule has 0 aliphatic rings. The lowest BCUT2D eigenvalue weighted by molar-refractivity contribution is 0.723. The van der Waals surface area contributed by atoms with Gasteiger partial charge in [-0.3, -0.25) is 4.99 Å². The van der Waals surface area contributed by atoms with Crippen LogP contribution in [0.4, 0.5) is 0 Å². The SMILES string of the molecule is CCC(C)C#CCN=Cc1ccccc1. The van der Waals surface area contributed by atoms with E-state index in [1.54, 1.807) is 0 Å². The van der Waals surface area contributed by atoms with Gasteiger partial charge in [-0.05, 0) is 12.0 Å². The van der Waals surface area contributed by atoms with Crippen molar-refractivity contribution in [2.45, 2.75) is 20.3 Å². The highest BCUT2D eigenvalue weighted by Crippen LogP contribution is 1.96. The van der Waals surface area contributed by atoms with Crippen LogP contribution in [0.25, 0.3) is 0 Å². The van der Waals surface area contributed by atoms with Gasteiger partial charge < -0.3 is 0 Å².